The Morgan fingerprint density at radius 1 is 1.42 bits per heavy atom. The third-order valence-electron chi connectivity index (χ3n) is 2.91. The smallest absolute Gasteiger partial charge is 0.239 e. The number of amides is 1. The van der Waals surface area contributed by atoms with Crippen LogP contribution in [0, 0.1) is 0 Å². The largest absolute Gasteiger partial charge is 0.497 e. The van der Waals surface area contributed by atoms with Crippen molar-refractivity contribution in [3.8, 4) is 5.75 Å². The fourth-order valence-corrected chi connectivity index (χ4v) is 2.22. The highest BCUT2D eigenvalue weighted by Gasteiger charge is 2.17. The van der Waals surface area contributed by atoms with Gasteiger partial charge in [-0.15, -0.1) is 0 Å². The number of thioether (sulfide) groups is 1. The van der Waals surface area contributed by atoms with Crippen molar-refractivity contribution in [3.05, 3.63) is 29.8 Å². The van der Waals surface area contributed by atoms with E-state index in [0.717, 1.165) is 17.1 Å². The summed E-state index contributed by atoms with van der Waals surface area (Å²) in [7, 11) is 3.42. The normalized spacial score (nSPS) is 12.0. The summed E-state index contributed by atoms with van der Waals surface area (Å²) in [5.74, 6) is 1.71. The van der Waals surface area contributed by atoms with Crippen LogP contribution in [0.3, 0.4) is 0 Å². The van der Waals surface area contributed by atoms with Gasteiger partial charge in [0.05, 0.1) is 13.2 Å². The molecule has 106 valence electrons. The lowest BCUT2D eigenvalue weighted by Crippen LogP contribution is -2.41. The fourth-order valence-electron chi connectivity index (χ4n) is 1.73. The second-order valence-corrected chi connectivity index (χ2v) is 5.42. The van der Waals surface area contributed by atoms with Gasteiger partial charge in [-0.05, 0) is 36.1 Å². The van der Waals surface area contributed by atoms with Crippen molar-refractivity contribution >= 4 is 17.7 Å². The molecule has 0 aliphatic heterocycles. The second kappa shape index (κ2) is 8.07. The summed E-state index contributed by atoms with van der Waals surface area (Å²) in [6.07, 6.45) is 2.73. The number of likely N-dealkylation sites (N-methyl/N-ethyl adjacent to an activating group) is 1. The van der Waals surface area contributed by atoms with E-state index in [1.807, 2.05) is 30.5 Å². The van der Waals surface area contributed by atoms with Crippen molar-refractivity contribution in [2.45, 2.75) is 19.0 Å². The first-order chi connectivity index (χ1) is 9.08. The van der Waals surface area contributed by atoms with Crippen LogP contribution >= 0.6 is 11.8 Å². The summed E-state index contributed by atoms with van der Waals surface area (Å²) < 4.78 is 5.10. The van der Waals surface area contributed by atoms with Crippen LogP contribution in [0.25, 0.3) is 0 Å². The Morgan fingerprint density at radius 3 is 2.58 bits per heavy atom. The van der Waals surface area contributed by atoms with Gasteiger partial charge in [-0.25, -0.2) is 0 Å². The molecule has 19 heavy (non-hydrogen) atoms. The number of hydrogen-bond acceptors (Lipinski definition) is 4. The van der Waals surface area contributed by atoms with E-state index < -0.39 is 6.04 Å². The molecule has 1 aromatic carbocycles. The van der Waals surface area contributed by atoms with E-state index in [-0.39, 0.29) is 5.91 Å². The van der Waals surface area contributed by atoms with Crippen LogP contribution in [0.4, 0.5) is 0 Å². The zero-order valence-electron chi connectivity index (χ0n) is 11.8. The highest BCUT2D eigenvalue weighted by molar-refractivity contribution is 7.98. The summed E-state index contributed by atoms with van der Waals surface area (Å²) >= 11 is 1.70. The lowest BCUT2D eigenvalue weighted by Gasteiger charge is -2.21. The first-order valence-electron chi connectivity index (χ1n) is 6.21. The van der Waals surface area contributed by atoms with Crippen LogP contribution in [0.2, 0.25) is 0 Å². The Kier molecular flexibility index (Phi) is 6.73. The summed E-state index contributed by atoms with van der Waals surface area (Å²) in [5, 5.41) is 0. The number of carbonyl (C=O) groups excluding carboxylic acids is 1. The molecule has 0 aliphatic carbocycles. The second-order valence-electron chi connectivity index (χ2n) is 4.43. The van der Waals surface area contributed by atoms with Gasteiger partial charge in [0.1, 0.15) is 5.75 Å². The van der Waals surface area contributed by atoms with Gasteiger partial charge < -0.3 is 15.4 Å². The Hall–Kier alpha value is -1.20. The summed E-state index contributed by atoms with van der Waals surface area (Å²) in [5.41, 5.74) is 6.94. The predicted octanol–water partition coefficient (Wildman–Crippen LogP) is 1.73. The van der Waals surface area contributed by atoms with Crippen molar-refractivity contribution < 1.29 is 9.53 Å². The maximum atomic E-state index is 12.0. The van der Waals surface area contributed by atoms with Gasteiger partial charge in [0.25, 0.3) is 0 Å². The molecule has 1 atom stereocenters. The molecule has 0 aromatic heterocycles. The van der Waals surface area contributed by atoms with E-state index in [9.17, 15) is 4.79 Å². The van der Waals surface area contributed by atoms with Crippen molar-refractivity contribution in [1.29, 1.82) is 0 Å². The molecular weight excluding hydrogens is 260 g/mol. The van der Waals surface area contributed by atoms with Gasteiger partial charge in [0.15, 0.2) is 0 Å². The lowest BCUT2D eigenvalue weighted by molar-refractivity contribution is -0.131. The van der Waals surface area contributed by atoms with Gasteiger partial charge >= 0.3 is 0 Å². The molecule has 1 amide bonds. The summed E-state index contributed by atoms with van der Waals surface area (Å²) in [6, 6.07) is 7.28. The number of nitrogens with zero attached hydrogens (tertiary/aromatic N) is 1. The molecule has 1 rings (SSSR count). The highest BCUT2D eigenvalue weighted by atomic mass is 32.2. The number of hydrogen-bond donors (Lipinski definition) is 1. The van der Waals surface area contributed by atoms with E-state index in [1.54, 1.807) is 30.8 Å². The predicted molar refractivity (Wildman–Crippen MR) is 80.4 cm³/mol. The number of rotatable bonds is 7. The minimum absolute atomic E-state index is 0.00938. The third-order valence-corrected chi connectivity index (χ3v) is 3.55. The van der Waals surface area contributed by atoms with Gasteiger partial charge in [-0.2, -0.15) is 11.8 Å². The number of ether oxygens (including phenoxy) is 1. The van der Waals surface area contributed by atoms with Crippen molar-refractivity contribution in [3.63, 3.8) is 0 Å². The molecule has 0 heterocycles. The van der Waals surface area contributed by atoms with Crippen LogP contribution in [0.1, 0.15) is 12.0 Å². The molecule has 0 fully saturated rings. The number of benzene rings is 1. The van der Waals surface area contributed by atoms with Crippen LogP contribution in [-0.4, -0.2) is 43.0 Å². The van der Waals surface area contributed by atoms with E-state index in [0.29, 0.717) is 13.0 Å². The van der Waals surface area contributed by atoms with Crippen LogP contribution < -0.4 is 10.5 Å². The molecule has 0 unspecified atom stereocenters. The average Bonchev–Trinajstić information content (AvgIpc) is 2.44. The minimum atomic E-state index is -0.407. The van der Waals surface area contributed by atoms with E-state index in [2.05, 4.69) is 0 Å². The van der Waals surface area contributed by atoms with Gasteiger partial charge in [0.2, 0.25) is 5.91 Å². The zero-order valence-corrected chi connectivity index (χ0v) is 12.6. The standard InChI is InChI=1S/C14H22N2O2S/c1-16(14(17)13(15)8-9-19-3)10-11-4-6-12(18-2)7-5-11/h4-7,13H,8-10,15H2,1-3H3/t13-/m0/s1. The average molecular weight is 282 g/mol. The molecule has 0 saturated carbocycles. The van der Waals surface area contributed by atoms with Crippen LogP contribution in [-0.2, 0) is 11.3 Å². The van der Waals surface area contributed by atoms with E-state index in [1.165, 1.54) is 0 Å². The Bertz CT molecular complexity index is 395. The quantitative estimate of drug-likeness (QED) is 0.827. The SMILES string of the molecule is COc1ccc(CN(C)C(=O)[C@@H](N)CCSC)cc1. The molecule has 0 spiro atoms. The number of carbonyl (C=O) groups is 1. The topological polar surface area (TPSA) is 55.6 Å². The van der Waals surface area contributed by atoms with Gasteiger partial charge in [-0.3, -0.25) is 4.79 Å². The van der Waals surface area contributed by atoms with E-state index in [4.69, 9.17) is 10.5 Å². The Morgan fingerprint density at radius 2 is 2.05 bits per heavy atom. The van der Waals surface area contributed by atoms with Crippen molar-refractivity contribution in [2.24, 2.45) is 5.73 Å². The van der Waals surface area contributed by atoms with Crippen LogP contribution in [0.5, 0.6) is 5.75 Å². The van der Waals surface area contributed by atoms with Crippen molar-refractivity contribution in [1.82, 2.24) is 4.90 Å². The first-order valence-corrected chi connectivity index (χ1v) is 7.60. The molecule has 0 aliphatic rings. The summed E-state index contributed by atoms with van der Waals surface area (Å²) in [6.45, 7) is 0.565. The van der Waals surface area contributed by atoms with Gasteiger partial charge in [-0.1, -0.05) is 12.1 Å². The molecule has 1 aromatic rings. The van der Waals surface area contributed by atoms with Crippen LogP contribution in [0.15, 0.2) is 24.3 Å². The Labute approximate surface area is 119 Å². The summed E-state index contributed by atoms with van der Waals surface area (Å²) in [4.78, 5) is 13.7. The molecule has 5 heteroatoms. The molecule has 4 nitrogen and oxygen atoms in total. The van der Waals surface area contributed by atoms with E-state index >= 15 is 0 Å². The maximum Gasteiger partial charge on any atom is 0.239 e. The molecule has 0 bridgehead atoms. The van der Waals surface area contributed by atoms with Crippen molar-refractivity contribution in [2.75, 3.05) is 26.2 Å². The molecule has 2 N–H and O–H groups in total. The molecule has 0 radical (unpaired) electrons. The first kappa shape index (κ1) is 15.9. The van der Waals surface area contributed by atoms with Gasteiger partial charge in [0, 0.05) is 13.6 Å². The highest BCUT2D eigenvalue weighted by Crippen LogP contribution is 2.13. The Balaban J connectivity index is 2.52. The third kappa shape index (κ3) is 5.12. The monoisotopic (exact) mass is 282 g/mol. The molecular formula is C14H22N2O2S. The number of methoxy groups -OCH3 is 1. The molecule has 0 saturated heterocycles. The number of nitrogens with two attached hydrogens (primary N) is 1. The maximum absolute atomic E-state index is 12.0. The fraction of sp³-hybridized carbons (Fsp3) is 0.500. The lowest BCUT2D eigenvalue weighted by atomic mass is 10.1. The minimum Gasteiger partial charge on any atom is -0.497 e. The zero-order chi connectivity index (χ0) is 14.3.